The Bertz CT molecular complexity index is 1070. The number of amides is 1. The summed E-state index contributed by atoms with van der Waals surface area (Å²) in [5.74, 6) is -0.0329. The van der Waals surface area contributed by atoms with Gasteiger partial charge in [-0.25, -0.2) is 13.9 Å². The predicted octanol–water partition coefficient (Wildman–Crippen LogP) is 2.06. The van der Waals surface area contributed by atoms with Gasteiger partial charge < -0.3 is 10.2 Å². The maximum absolute atomic E-state index is 14.0. The molecule has 0 aromatic carbocycles. The lowest BCUT2D eigenvalue weighted by Gasteiger charge is -2.26. The highest BCUT2D eigenvalue weighted by Crippen LogP contribution is 2.36. The zero-order valence-electron chi connectivity index (χ0n) is 15.5. The van der Waals surface area contributed by atoms with Crippen LogP contribution in [0.25, 0.3) is 5.65 Å². The topological polar surface area (TPSA) is 88.3 Å². The minimum absolute atomic E-state index is 0.0354. The highest BCUT2D eigenvalue weighted by Gasteiger charge is 2.31. The monoisotopic (exact) mass is 381 g/mol. The second kappa shape index (κ2) is 6.50. The number of nitrogens with zero attached hydrogens (tertiary/aromatic N) is 6. The molecule has 0 unspecified atom stereocenters. The van der Waals surface area contributed by atoms with Gasteiger partial charge in [0.2, 0.25) is 5.95 Å². The largest absolute Gasteiger partial charge is 0.349 e. The molecule has 9 heteroatoms. The molecule has 2 aliphatic heterocycles. The van der Waals surface area contributed by atoms with E-state index in [9.17, 15) is 9.18 Å². The van der Waals surface area contributed by atoms with E-state index in [1.54, 1.807) is 12.4 Å². The smallest absolute Gasteiger partial charge is 0.256 e. The molecule has 2 aliphatic rings. The van der Waals surface area contributed by atoms with Crippen molar-refractivity contribution in [2.24, 2.45) is 0 Å². The summed E-state index contributed by atoms with van der Waals surface area (Å²) in [6.07, 6.45) is 7.55. The van der Waals surface area contributed by atoms with Crippen LogP contribution >= 0.6 is 0 Å². The number of aryl methyl sites for hydroxylation is 1. The van der Waals surface area contributed by atoms with Crippen molar-refractivity contribution in [2.75, 3.05) is 11.4 Å². The standard InChI is InChI=1S/C19H20FN7O/c1-11-4-5-15-13(7-12(20)8-21-15)16-3-2-6-26(16)19-22-10-27-17(25-19)14(9-23-27)18(28)24-11/h7-11,16H,2-6H2,1H3,(H,24,28)/t11-,16-/m1/s1. The Labute approximate surface area is 160 Å². The Hall–Kier alpha value is -3.10. The molecule has 1 amide bonds. The summed E-state index contributed by atoms with van der Waals surface area (Å²) in [7, 11) is 0. The number of fused-ring (bicyclic) bond motifs is 5. The molecular weight excluding hydrogens is 361 g/mol. The normalized spacial score (nSPS) is 22.2. The van der Waals surface area contributed by atoms with E-state index >= 15 is 0 Å². The molecular formula is C19H20FN7O. The molecule has 5 heterocycles. The van der Waals surface area contributed by atoms with Crippen LogP contribution < -0.4 is 10.2 Å². The van der Waals surface area contributed by atoms with Crippen LogP contribution in [0.4, 0.5) is 10.3 Å². The van der Waals surface area contributed by atoms with E-state index in [-0.39, 0.29) is 23.8 Å². The van der Waals surface area contributed by atoms with Gasteiger partial charge in [0.15, 0.2) is 5.65 Å². The molecule has 1 N–H and O–H groups in total. The summed E-state index contributed by atoms with van der Waals surface area (Å²) >= 11 is 0. The van der Waals surface area contributed by atoms with Crippen molar-refractivity contribution in [3.8, 4) is 0 Å². The summed E-state index contributed by atoms with van der Waals surface area (Å²) in [4.78, 5) is 28.2. The highest BCUT2D eigenvalue weighted by atomic mass is 19.1. The average molecular weight is 381 g/mol. The Kier molecular flexibility index (Phi) is 3.96. The Balaban J connectivity index is 1.69. The first-order valence-electron chi connectivity index (χ1n) is 9.52. The third-order valence-electron chi connectivity index (χ3n) is 5.53. The lowest BCUT2D eigenvalue weighted by atomic mass is 9.98. The molecule has 0 spiro atoms. The van der Waals surface area contributed by atoms with Crippen LogP contribution in [0.5, 0.6) is 0 Å². The van der Waals surface area contributed by atoms with E-state index in [4.69, 9.17) is 0 Å². The number of carbonyl (C=O) groups is 1. The Morgan fingerprint density at radius 1 is 1.25 bits per heavy atom. The molecule has 8 nitrogen and oxygen atoms in total. The molecule has 2 atom stereocenters. The zero-order valence-corrected chi connectivity index (χ0v) is 15.5. The van der Waals surface area contributed by atoms with Crippen LogP contribution in [-0.2, 0) is 6.42 Å². The fraction of sp³-hybridized carbons (Fsp3) is 0.421. The summed E-state index contributed by atoms with van der Waals surface area (Å²) in [5.41, 5.74) is 2.64. The fourth-order valence-electron chi connectivity index (χ4n) is 4.12. The van der Waals surface area contributed by atoms with Crippen molar-refractivity contribution in [3.63, 3.8) is 0 Å². The molecule has 0 aliphatic carbocycles. The van der Waals surface area contributed by atoms with E-state index in [0.717, 1.165) is 30.6 Å². The summed E-state index contributed by atoms with van der Waals surface area (Å²) in [5, 5.41) is 7.19. The molecule has 3 aromatic heterocycles. The van der Waals surface area contributed by atoms with Crippen LogP contribution in [0.1, 0.15) is 53.8 Å². The highest BCUT2D eigenvalue weighted by molar-refractivity contribution is 5.99. The maximum Gasteiger partial charge on any atom is 0.256 e. The van der Waals surface area contributed by atoms with Crippen molar-refractivity contribution in [1.29, 1.82) is 0 Å². The van der Waals surface area contributed by atoms with E-state index in [2.05, 4.69) is 30.3 Å². The summed E-state index contributed by atoms with van der Waals surface area (Å²) in [6, 6.07) is 1.48. The molecule has 0 saturated carbocycles. The van der Waals surface area contributed by atoms with Gasteiger partial charge in [0.25, 0.3) is 5.91 Å². The number of hydrogen-bond donors (Lipinski definition) is 1. The second-order valence-corrected chi connectivity index (χ2v) is 7.44. The van der Waals surface area contributed by atoms with Crippen molar-refractivity contribution < 1.29 is 9.18 Å². The lowest BCUT2D eigenvalue weighted by molar-refractivity contribution is 0.0940. The fourth-order valence-corrected chi connectivity index (χ4v) is 4.12. The number of rotatable bonds is 0. The minimum atomic E-state index is -0.342. The van der Waals surface area contributed by atoms with Crippen LogP contribution in [-0.4, -0.2) is 43.1 Å². The van der Waals surface area contributed by atoms with Gasteiger partial charge in [-0.2, -0.15) is 10.1 Å². The van der Waals surface area contributed by atoms with Crippen molar-refractivity contribution in [1.82, 2.24) is 29.9 Å². The van der Waals surface area contributed by atoms with Gasteiger partial charge >= 0.3 is 0 Å². The van der Waals surface area contributed by atoms with Gasteiger partial charge in [-0.1, -0.05) is 0 Å². The third kappa shape index (κ3) is 2.78. The number of aromatic nitrogens is 5. The van der Waals surface area contributed by atoms with Crippen molar-refractivity contribution >= 4 is 17.5 Å². The van der Waals surface area contributed by atoms with Crippen LogP contribution in [0.15, 0.2) is 24.8 Å². The number of nitrogens with one attached hydrogen (secondary N) is 1. The number of halogens is 1. The SMILES string of the molecule is C[C@@H]1CCc2ncc(F)cc2[C@H]2CCCN2c2ncn3ncc(c3n2)C(=O)N1. The van der Waals surface area contributed by atoms with Crippen molar-refractivity contribution in [3.05, 3.63) is 47.4 Å². The van der Waals surface area contributed by atoms with Gasteiger partial charge in [0.05, 0.1) is 18.4 Å². The van der Waals surface area contributed by atoms with Gasteiger partial charge in [-0.05, 0) is 44.2 Å². The molecule has 28 heavy (non-hydrogen) atoms. The van der Waals surface area contributed by atoms with Crippen molar-refractivity contribution in [2.45, 2.75) is 44.7 Å². The second-order valence-electron chi connectivity index (χ2n) is 7.44. The average Bonchev–Trinajstić information content (AvgIpc) is 3.32. The summed E-state index contributed by atoms with van der Waals surface area (Å²) in [6.45, 7) is 2.72. The van der Waals surface area contributed by atoms with E-state index in [1.165, 1.54) is 16.9 Å². The first-order valence-corrected chi connectivity index (χ1v) is 9.52. The number of carbonyl (C=O) groups excluding carboxylic acids is 1. The van der Waals surface area contributed by atoms with Gasteiger partial charge in [0, 0.05) is 18.3 Å². The Morgan fingerprint density at radius 2 is 2.14 bits per heavy atom. The first kappa shape index (κ1) is 17.0. The molecule has 144 valence electrons. The van der Waals surface area contributed by atoms with Crippen LogP contribution in [0.2, 0.25) is 0 Å². The first-order chi connectivity index (χ1) is 13.6. The zero-order chi connectivity index (χ0) is 19.3. The summed E-state index contributed by atoms with van der Waals surface area (Å²) < 4.78 is 15.5. The van der Waals surface area contributed by atoms with Gasteiger partial charge in [-0.15, -0.1) is 0 Å². The molecule has 2 bridgehead atoms. The quantitative estimate of drug-likeness (QED) is 0.641. The predicted molar refractivity (Wildman–Crippen MR) is 99.5 cm³/mol. The van der Waals surface area contributed by atoms with Gasteiger partial charge in [0.1, 0.15) is 17.7 Å². The molecule has 3 aromatic rings. The number of anilines is 1. The molecule has 1 saturated heterocycles. The van der Waals surface area contributed by atoms with Gasteiger partial charge in [-0.3, -0.25) is 9.78 Å². The molecule has 5 rings (SSSR count). The maximum atomic E-state index is 14.0. The van der Waals surface area contributed by atoms with E-state index < -0.39 is 0 Å². The molecule has 0 radical (unpaired) electrons. The Morgan fingerprint density at radius 3 is 3.04 bits per heavy atom. The van der Waals surface area contributed by atoms with Crippen LogP contribution in [0.3, 0.4) is 0 Å². The lowest BCUT2D eigenvalue weighted by Crippen LogP contribution is -2.33. The van der Waals surface area contributed by atoms with E-state index in [1.807, 2.05) is 6.92 Å². The number of hydrogen-bond acceptors (Lipinski definition) is 6. The van der Waals surface area contributed by atoms with E-state index in [0.29, 0.717) is 30.0 Å². The van der Waals surface area contributed by atoms with Crippen LogP contribution in [0, 0.1) is 5.82 Å². The third-order valence-corrected chi connectivity index (χ3v) is 5.53. The minimum Gasteiger partial charge on any atom is -0.349 e. The molecule has 1 fully saturated rings. The number of pyridine rings is 1.